The minimum atomic E-state index is 0.533. The molecule has 1 aromatic rings. The van der Waals surface area contributed by atoms with E-state index in [1.807, 2.05) is 19.2 Å². The molecule has 0 bridgehead atoms. The van der Waals surface area contributed by atoms with Crippen molar-refractivity contribution >= 4 is 17.3 Å². The number of likely N-dealkylation sites (tertiary alicyclic amines) is 1. The SMILES string of the molecule is CN1CCC(CN(C)c2cccc(Cl)c2C#N)C1. The molecule has 0 aliphatic carbocycles. The number of hydrogen-bond donors (Lipinski definition) is 0. The summed E-state index contributed by atoms with van der Waals surface area (Å²) in [7, 11) is 4.19. The molecule has 0 saturated carbocycles. The maximum Gasteiger partial charge on any atom is 0.103 e. The van der Waals surface area contributed by atoms with Gasteiger partial charge in [0.05, 0.1) is 16.3 Å². The molecule has 18 heavy (non-hydrogen) atoms. The zero-order valence-corrected chi connectivity index (χ0v) is 11.6. The zero-order valence-electron chi connectivity index (χ0n) is 10.9. The van der Waals surface area contributed by atoms with Crippen molar-refractivity contribution in [1.29, 1.82) is 5.26 Å². The molecule has 1 atom stereocenters. The smallest absolute Gasteiger partial charge is 0.103 e. The monoisotopic (exact) mass is 263 g/mol. The van der Waals surface area contributed by atoms with Crippen LogP contribution >= 0.6 is 11.6 Å². The van der Waals surface area contributed by atoms with E-state index in [1.165, 1.54) is 13.0 Å². The van der Waals surface area contributed by atoms with Gasteiger partial charge in [0.2, 0.25) is 0 Å². The first-order valence-corrected chi connectivity index (χ1v) is 6.58. The van der Waals surface area contributed by atoms with Crippen LogP contribution in [0.5, 0.6) is 0 Å². The minimum absolute atomic E-state index is 0.533. The molecule has 3 nitrogen and oxygen atoms in total. The summed E-state index contributed by atoms with van der Waals surface area (Å²) in [5.41, 5.74) is 1.51. The number of nitrogens with zero attached hydrogens (tertiary/aromatic N) is 3. The molecule has 0 amide bonds. The Labute approximate surface area is 114 Å². The van der Waals surface area contributed by atoms with E-state index in [9.17, 15) is 5.26 Å². The van der Waals surface area contributed by atoms with Gasteiger partial charge in [-0.3, -0.25) is 0 Å². The van der Waals surface area contributed by atoms with Crippen molar-refractivity contribution in [1.82, 2.24) is 4.90 Å². The molecule has 1 fully saturated rings. The van der Waals surface area contributed by atoms with Crippen molar-refractivity contribution in [3.8, 4) is 6.07 Å². The third kappa shape index (κ3) is 2.77. The van der Waals surface area contributed by atoms with Crippen LogP contribution in [-0.4, -0.2) is 38.6 Å². The molecule has 4 heteroatoms. The first-order valence-electron chi connectivity index (χ1n) is 6.20. The van der Waals surface area contributed by atoms with Gasteiger partial charge < -0.3 is 9.80 Å². The van der Waals surface area contributed by atoms with Crippen molar-refractivity contribution < 1.29 is 0 Å². The van der Waals surface area contributed by atoms with Crippen LogP contribution in [0, 0.1) is 17.2 Å². The van der Waals surface area contributed by atoms with Gasteiger partial charge in [-0.2, -0.15) is 5.26 Å². The van der Waals surface area contributed by atoms with E-state index in [-0.39, 0.29) is 0 Å². The molecule has 0 N–H and O–H groups in total. The molecule has 1 aliphatic heterocycles. The molecule has 0 spiro atoms. The third-order valence-corrected chi connectivity index (χ3v) is 3.85. The lowest BCUT2D eigenvalue weighted by atomic mass is 10.1. The van der Waals surface area contributed by atoms with Gasteiger partial charge in [-0.15, -0.1) is 0 Å². The quantitative estimate of drug-likeness (QED) is 0.840. The molecular formula is C14H18ClN3. The van der Waals surface area contributed by atoms with Crippen LogP contribution in [0.25, 0.3) is 0 Å². The average Bonchev–Trinajstić information content (AvgIpc) is 2.74. The molecule has 1 heterocycles. The van der Waals surface area contributed by atoms with Crippen molar-refractivity contribution in [3.05, 3.63) is 28.8 Å². The molecule has 1 aliphatic rings. The van der Waals surface area contributed by atoms with E-state index >= 15 is 0 Å². The highest BCUT2D eigenvalue weighted by molar-refractivity contribution is 6.32. The number of halogens is 1. The first-order chi connectivity index (χ1) is 8.61. The molecule has 0 aromatic heterocycles. The standard InChI is InChI=1S/C14H18ClN3/c1-17-7-6-11(9-17)10-18(2)14-5-3-4-13(15)12(14)8-16/h3-5,11H,6-7,9-10H2,1-2H3. The topological polar surface area (TPSA) is 30.3 Å². The largest absolute Gasteiger partial charge is 0.373 e. The second-order valence-electron chi connectivity index (χ2n) is 5.04. The molecule has 0 radical (unpaired) electrons. The first kappa shape index (κ1) is 13.2. The number of benzene rings is 1. The normalized spacial score (nSPS) is 19.8. The van der Waals surface area contributed by atoms with Crippen LogP contribution in [0.3, 0.4) is 0 Å². The van der Waals surface area contributed by atoms with E-state index in [2.05, 4.69) is 22.9 Å². The molecule has 1 saturated heterocycles. The fraction of sp³-hybridized carbons (Fsp3) is 0.500. The van der Waals surface area contributed by atoms with Crippen molar-refractivity contribution in [2.45, 2.75) is 6.42 Å². The van der Waals surface area contributed by atoms with E-state index in [1.54, 1.807) is 6.07 Å². The van der Waals surface area contributed by atoms with E-state index in [0.29, 0.717) is 16.5 Å². The van der Waals surface area contributed by atoms with E-state index in [4.69, 9.17) is 11.6 Å². The summed E-state index contributed by atoms with van der Waals surface area (Å²) in [6.45, 7) is 3.27. The summed E-state index contributed by atoms with van der Waals surface area (Å²) in [5, 5.41) is 9.71. The summed E-state index contributed by atoms with van der Waals surface area (Å²) >= 11 is 6.06. The van der Waals surface area contributed by atoms with Crippen LogP contribution in [-0.2, 0) is 0 Å². The third-order valence-electron chi connectivity index (χ3n) is 3.54. The number of rotatable bonds is 3. The Morgan fingerprint density at radius 2 is 2.33 bits per heavy atom. The Morgan fingerprint density at radius 1 is 1.56 bits per heavy atom. The van der Waals surface area contributed by atoms with Gasteiger partial charge in [0.25, 0.3) is 0 Å². The van der Waals surface area contributed by atoms with Gasteiger partial charge in [-0.1, -0.05) is 17.7 Å². The number of hydrogen-bond acceptors (Lipinski definition) is 3. The highest BCUT2D eigenvalue weighted by atomic mass is 35.5. The molecule has 1 unspecified atom stereocenters. The van der Waals surface area contributed by atoms with Crippen LogP contribution in [0.2, 0.25) is 5.02 Å². The van der Waals surface area contributed by atoms with Gasteiger partial charge in [0, 0.05) is 20.1 Å². The van der Waals surface area contributed by atoms with Gasteiger partial charge >= 0.3 is 0 Å². The van der Waals surface area contributed by atoms with Gasteiger partial charge in [0.15, 0.2) is 0 Å². The highest BCUT2D eigenvalue weighted by Crippen LogP contribution is 2.27. The maximum atomic E-state index is 9.18. The summed E-state index contributed by atoms with van der Waals surface area (Å²) < 4.78 is 0. The predicted molar refractivity (Wildman–Crippen MR) is 75.0 cm³/mol. The summed E-state index contributed by atoms with van der Waals surface area (Å²) in [5.74, 6) is 0.672. The van der Waals surface area contributed by atoms with Gasteiger partial charge in [0.1, 0.15) is 6.07 Å². The fourth-order valence-corrected chi connectivity index (χ4v) is 2.81. The van der Waals surface area contributed by atoms with Gasteiger partial charge in [-0.25, -0.2) is 0 Å². The Morgan fingerprint density at radius 3 is 2.94 bits per heavy atom. The van der Waals surface area contributed by atoms with Crippen LogP contribution in [0.4, 0.5) is 5.69 Å². The zero-order chi connectivity index (χ0) is 13.1. The van der Waals surface area contributed by atoms with E-state index in [0.717, 1.165) is 18.8 Å². The van der Waals surface area contributed by atoms with Crippen molar-refractivity contribution in [3.63, 3.8) is 0 Å². The van der Waals surface area contributed by atoms with Gasteiger partial charge in [-0.05, 0) is 38.1 Å². The lowest BCUT2D eigenvalue weighted by Gasteiger charge is -2.24. The second kappa shape index (κ2) is 5.60. The maximum absolute atomic E-state index is 9.18. The van der Waals surface area contributed by atoms with Crippen molar-refractivity contribution in [2.24, 2.45) is 5.92 Å². The summed E-state index contributed by atoms with van der Waals surface area (Å²) in [6, 6.07) is 7.82. The fourth-order valence-electron chi connectivity index (χ4n) is 2.60. The predicted octanol–water partition coefficient (Wildman–Crippen LogP) is 2.60. The molecule has 2 rings (SSSR count). The Kier molecular flexibility index (Phi) is 4.11. The Hall–Kier alpha value is -1.24. The lowest BCUT2D eigenvalue weighted by molar-refractivity contribution is 0.396. The van der Waals surface area contributed by atoms with Crippen LogP contribution in [0.1, 0.15) is 12.0 Å². The highest BCUT2D eigenvalue weighted by Gasteiger charge is 2.22. The Bertz CT molecular complexity index is 467. The van der Waals surface area contributed by atoms with E-state index < -0.39 is 0 Å². The molecule has 1 aromatic carbocycles. The average molecular weight is 264 g/mol. The lowest BCUT2D eigenvalue weighted by Crippen LogP contribution is -2.27. The Balaban J connectivity index is 2.12. The number of nitriles is 1. The van der Waals surface area contributed by atoms with Crippen LogP contribution < -0.4 is 4.90 Å². The molecule has 96 valence electrons. The van der Waals surface area contributed by atoms with Crippen LogP contribution in [0.15, 0.2) is 18.2 Å². The summed E-state index contributed by atoms with van der Waals surface area (Å²) in [6.07, 6.45) is 1.23. The number of anilines is 1. The second-order valence-corrected chi connectivity index (χ2v) is 5.45. The molecular weight excluding hydrogens is 246 g/mol. The minimum Gasteiger partial charge on any atom is -0.373 e. The summed E-state index contributed by atoms with van der Waals surface area (Å²) in [4.78, 5) is 4.50. The van der Waals surface area contributed by atoms with Crippen molar-refractivity contribution in [2.75, 3.05) is 38.6 Å².